The molecule has 1 aromatic heterocycles. The highest BCUT2D eigenvalue weighted by atomic mass is 16.1. The van der Waals surface area contributed by atoms with Crippen molar-refractivity contribution >= 4 is 23.2 Å². The van der Waals surface area contributed by atoms with Gasteiger partial charge in [-0.2, -0.15) is 5.26 Å². The quantitative estimate of drug-likeness (QED) is 0.728. The molecule has 0 aliphatic rings. The highest BCUT2D eigenvalue weighted by Gasteiger charge is 2.12. The zero-order chi connectivity index (χ0) is 19.4. The Hall–Kier alpha value is -3.72. The SMILES string of the molecule is Cc1cc(C)c(NC(=O)c2ccnc(Nc3ccc(C#N)cc3)n2)c(C)c1. The number of nitrogens with zero attached hydrogens (tertiary/aromatic N) is 3. The van der Waals surface area contributed by atoms with Gasteiger partial charge < -0.3 is 10.6 Å². The van der Waals surface area contributed by atoms with E-state index in [0.29, 0.717) is 11.5 Å². The molecule has 0 aliphatic carbocycles. The van der Waals surface area contributed by atoms with E-state index in [4.69, 9.17) is 5.26 Å². The highest BCUT2D eigenvalue weighted by Crippen LogP contribution is 2.22. The maximum absolute atomic E-state index is 12.6. The summed E-state index contributed by atoms with van der Waals surface area (Å²) < 4.78 is 0. The number of carbonyl (C=O) groups excluding carboxylic acids is 1. The molecule has 2 N–H and O–H groups in total. The van der Waals surface area contributed by atoms with Crippen LogP contribution in [0.25, 0.3) is 0 Å². The van der Waals surface area contributed by atoms with Crippen LogP contribution in [0.5, 0.6) is 0 Å². The maximum Gasteiger partial charge on any atom is 0.274 e. The standard InChI is InChI=1S/C21H19N5O/c1-13-10-14(2)19(15(3)11-13)26-20(27)18-8-9-23-21(25-18)24-17-6-4-16(12-22)5-7-17/h4-11H,1-3H3,(H,26,27)(H,23,24,25). The second kappa shape index (κ2) is 7.67. The van der Waals surface area contributed by atoms with Gasteiger partial charge in [0.1, 0.15) is 5.69 Å². The first-order valence-electron chi connectivity index (χ1n) is 8.45. The Kier molecular flexibility index (Phi) is 5.13. The smallest absolute Gasteiger partial charge is 0.274 e. The number of aryl methyl sites for hydroxylation is 3. The summed E-state index contributed by atoms with van der Waals surface area (Å²) in [7, 11) is 0. The molecule has 0 unspecified atom stereocenters. The van der Waals surface area contributed by atoms with Crippen LogP contribution in [0.4, 0.5) is 17.3 Å². The molecule has 1 heterocycles. The summed E-state index contributed by atoms with van der Waals surface area (Å²) in [5, 5.41) is 14.8. The Morgan fingerprint density at radius 2 is 1.70 bits per heavy atom. The molecule has 0 saturated heterocycles. The first-order chi connectivity index (χ1) is 13.0. The zero-order valence-electron chi connectivity index (χ0n) is 15.4. The van der Waals surface area contributed by atoms with Gasteiger partial charge in [-0.1, -0.05) is 17.7 Å². The van der Waals surface area contributed by atoms with Crippen molar-refractivity contribution in [2.75, 3.05) is 10.6 Å². The van der Waals surface area contributed by atoms with Gasteiger partial charge in [0.2, 0.25) is 5.95 Å². The van der Waals surface area contributed by atoms with E-state index < -0.39 is 0 Å². The van der Waals surface area contributed by atoms with Crippen LogP contribution in [0.2, 0.25) is 0 Å². The van der Waals surface area contributed by atoms with Crippen molar-refractivity contribution < 1.29 is 4.79 Å². The summed E-state index contributed by atoms with van der Waals surface area (Å²) in [5.74, 6) is 0.0139. The number of hydrogen-bond donors (Lipinski definition) is 2. The number of rotatable bonds is 4. The minimum atomic E-state index is -0.296. The van der Waals surface area contributed by atoms with Crippen molar-refractivity contribution in [2.24, 2.45) is 0 Å². The van der Waals surface area contributed by atoms with Gasteiger partial charge in [0.05, 0.1) is 11.6 Å². The molecule has 3 aromatic rings. The van der Waals surface area contributed by atoms with E-state index in [2.05, 4.69) is 26.7 Å². The number of benzene rings is 2. The van der Waals surface area contributed by atoms with Crippen LogP contribution in [0.15, 0.2) is 48.7 Å². The van der Waals surface area contributed by atoms with Crippen LogP contribution in [0.3, 0.4) is 0 Å². The highest BCUT2D eigenvalue weighted by molar-refractivity contribution is 6.03. The van der Waals surface area contributed by atoms with Crippen LogP contribution in [0.1, 0.15) is 32.7 Å². The average molecular weight is 357 g/mol. The van der Waals surface area contributed by atoms with Gasteiger partial charge >= 0.3 is 0 Å². The minimum absolute atomic E-state index is 0.264. The molecular formula is C21H19N5O. The number of carbonyl (C=O) groups is 1. The number of nitrogens with one attached hydrogen (secondary N) is 2. The number of amides is 1. The summed E-state index contributed by atoms with van der Waals surface area (Å²) in [4.78, 5) is 21.1. The fourth-order valence-corrected chi connectivity index (χ4v) is 2.86. The molecule has 134 valence electrons. The van der Waals surface area contributed by atoms with Gasteiger partial charge in [0.25, 0.3) is 5.91 Å². The monoisotopic (exact) mass is 357 g/mol. The summed E-state index contributed by atoms with van der Waals surface area (Å²) in [6, 6.07) is 14.6. The molecule has 0 fully saturated rings. The lowest BCUT2D eigenvalue weighted by Gasteiger charge is -2.13. The van der Waals surface area contributed by atoms with Gasteiger partial charge in [0, 0.05) is 17.6 Å². The molecule has 0 atom stereocenters. The molecule has 0 saturated carbocycles. The van der Waals surface area contributed by atoms with Crippen LogP contribution < -0.4 is 10.6 Å². The first kappa shape index (κ1) is 18.1. The lowest BCUT2D eigenvalue weighted by molar-refractivity contribution is 0.102. The molecule has 1 amide bonds. The second-order valence-corrected chi connectivity index (χ2v) is 6.31. The third kappa shape index (κ3) is 4.28. The van der Waals surface area contributed by atoms with E-state index in [9.17, 15) is 4.79 Å². The van der Waals surface area contributed by atoms with E-state index in [1.165, 1.54) is 6.20 Å². The first-order valence-corrected chi connectivity index (χ1v) is 8.45. The van der Waals surface area contributed by atoms with Crippen LogP contribution in [0, 0.1) is 32.1 Å². The van der Waals surface area contributed by atoms with E-state index in [1.54, 1.807) is 30.3 Å². The Balaban J connectivity index is 1.78. The maximum atomic E-state index is 12.6. The third-order valence-electron chi connectivity index (χ3n) is 4.07. The number of hydrogen-bond acceptors (Lipinski definition) is 5. The Morgan fingerprint density at radius 3 is 2.33 bits per heavy atom. The summed E-state index contributed by atoms with van der Waals surface area (Å²) in [5.41, 5.74) is 5.53. The van der Waals surface area contributed by atoms with Crippen LogP contribution >= 0.6 is 0 Å². The van der Waals surface area contributed by atoms with Gasteiger partial charge in [0.15, 0.2) is 0 Å². The fraction of sp³-hybridized carbons (Fsp3) is 0.143. The van der Waals surface area contributed by atoms with Crippen LogP contribution in [-0.4, -0.2) is 15.9 Å². The van der Waals surface area contributed by atoms with E-state index in [-0.39, 0.29) is 11.6 Å². The predicted octanol–water partition coefficient (Wildman–Crippen LogP) is 4.27. The molecule has 0 spiro atoms. The zero-order valence-corrected chi connectivity index (χ0v) is 15.4. The van der Waals surface area contributed by atoms with Crippen molar-refractivity contribution in [1.82, 2.24) is 9.97 Å². The fourth-order valence-electron chi connectivity index (χ4n) is 2.86. The minimum Gasteiger partial charge on any atom is -0.324 e. The molecule has 6 heteroatoms. The topological polar surface area (TPSA) is 90.7 Å². The van der Waals surface area contributed by atoms with Gasteiger partial charge in [-0.05, 0) is 62.2 Å². The Morgan fingerprint density at radius 1 is 1.04 bits per heavy atom. The molecule has 27 heavy (non-hydrogen) atoms. The molecule has 2 aromatic carbocycles. The van der Waals surface area contributed by atoms with Gasteiger partial charge in [-0.3, -0.25) is 4.79 Å². The average Bonchev–Trinajstić information content (AvgIpc) is 2.65. The van der Waals surface area contributed by atoms with Gasteiger partial charge in [-0.25, -0.2) is 9.97 Å². The van der Waals surface area contributed by atoms with E-state index >= 15 is 0 Å². The number of anilines is 3. The van der Waals surface area contributed by atoms with Crippen LogP contribution in [-0.2, 0) is 0 Å². The third-order valence-corrected chi connectivity index (χ3v) is 4.07. The number of nitriles is 1. The van der Waals surface area contributed by atoms with E-state index in [1.807, 2.05) is 32.9 Å². The molecule has 0 aliphatic heterocycles. The predicted molar refractivity (Wildman–Crippen MR) is 105 cm³/mol. The normalized spacial score (nSPS) is 10.1. The molecular weight excluding hydrogens is 338 g/mol. The Bertz CT molecular complexity index is 1010. The van der Waals surface area contributed by atoms with Crippen molar-refractivity contribution in [1.29, 1.82) is 5.26 Å². The van der Waals surface area contributed by atoms with E-state index in [0.717, 1.165) is 28.1 Å². The van der Waals surface area contributed by atoms with Gasteiger partial charge in [-0.15, -0.1) is 0 Å². The van der Waals surface area contributed by atoms with Crippen molar-refractivity contribution in [2.45, 2.75) is 20.8 Å². The Labute approximate surface area is 157 Å². The molecule has 3 rings (SSSR count). The van der Waals surface area contributed by atoms with Crippen molar-refractivity contribution in [3.05, 3.63) is 76.6 Å². The number of aromatic nitrogens is 2. The largest absolute Gasteiger partial charge is 0.324 e. The molecule has 6 nitrogen and oxygen atoms in total. The van der Waals surface area contributed by atoms with Crippen molar-refractivity contribution in [3.8, 4) is 6.07 Å². The lowest BCUT2D eigenvalue weighted by atomic mass is 10.1. The van der Waals surface area contributed by atoms with Crippen molar-refractivity contribution in [3.63, 3.8) is 0 Å². The summed E-state index contributed by atoms with van der Waals surface area (Å²) in [6.07, 6.45) is 1.53. The summed E-state index contributed by atoms with van der Waals surface area (Å²) >= 11 is 0. The lowest BCUT2D eigenvalue weighted by Crippen LogP contribution is -2.16. The second-order valence-electron chi connectivity index (χ2n) is 6.31. The summed E-state index contributed by atoms with van der Waals surface area (Å²) in [6.45, 7) is 5.96. The molecule has 0 radical (unpaired) electrons. The molecule has 0 bridgehead atoms.